The van der Waals surface area contributed by atoms with E-state index in [1.165, 1.54) is 26.4 Å². The molecule has 0 aromatic heterocycles. The number of hydrogen-bond acceptors (Lipinski definition) is 10. The molecule has 0 N–H and O–H groups in total. The fraction of sp³-hybridized carbons (Fsp3) is 0.667. The molecule has 0 aromatic rings. The molecule has 0 amide bonds. The second kappa shape index (κ2) is 10.3. The van der Waals surface area contributed by atoms with Gasteiger partial charge >= 0.3 is 23.9 Å². The van der Waals surface area contributed by atoms with E-state index in [-0.39, 0.29) is 13.2 Å². The van der Waals surface area contributed by atoms with Gasteiger partial charge in [0.05, 0.1) is 26.1 Å². The van der Waals surface area contributed by atoms with Crippen molar-refractivity contribution in [3.63, 3.8) is 0 Å². The Balaban J connectivity index is 2.38. The highest BCUT2D eigenvalue weighted by Crippen LogP contribution is 2.70. The van der Waals surface area contributed by atoms with Crippen LogP contribution >= 0.6 is 0 Å². The number of carbonyl (C=O) groups is 4. The highest BCUT2D eigenvalue weighted by Gasteiger charge is 2.77. The summed E-state index contributed by atoms with van der Waals surface area (Å²) in [6, 6.07) is 0. The number of ether oxygens (including phenoxy) is 4. The third-order valence-electron chi connectivity index (χ3n) is 6.32. The molecule has 1 unspecified atom stereocenters. The fourth-order valence-corrected chi connectivity index (χ4v) is 5.57. The van der Waals surface area contributed by atoms with E-state index in [4.69, 9.17) is 23.8 Å². The molecule has 2 fully saturated rings. The molecule has 10 nitrogen and oxygen atoms in total. The van der Waals surface area contributed by atoms with Gasteiger partial charge in [-0.3, -0.25) is 14.4 Å². The summed E-state index contributed by atoms with van der Waals surface area (Å²) in [5.41, 5.74) is -2.34. The maximum Gasteiger partial charge on any atom is 0.349 e. The van der Waals surface area contributed by atoms with Crippen LogP contribution < -0.4 is 0 Å². The molecule has 1 saturated heterocycles. The molecule has 2 aliphatic rings. The Kier molecular flexibility index (Phi) is 8.31. The lowest BCUT2D eigenvalue weighted by Gasteiger charge is -2.55. The Hall–Kier alpha value is -2.72. The van der Waals surface area contributed by atoms with E-state index in [0.29, 0.717) is 12.8 Å². The molecule has 190 valence electrons. The van der Waals surface area contributed by atoms with Gasteiger partial charge in [-0.1, -0.05) is 25.3 Å². The smallest absolute Gasteiger partial charge is 0.349 e. The minimum atomic E-state index is -1.68. The Labute approximate surface area is 200 Å². The topological polar surface area (TPSA) is 118 Å². The summed E-state index contributed by atoms with van der Waals surface area (Å²) in [7, 11) is 2.57. The van der Waals surface area contributed by atoms with Crippen molar-refractivity contribution in [2.45, 2.75) is 57.7 Å². The van der Waals surface area contributed by atoms with E-state index in [2.05, 4.69) is 13.2 Å². The van der Waals surface area contributed by atoms with Gasteiger partial charge in [0.25, 0.3) is 6.10 Å². The molecule has 0 aromatic carbocycles. The third-order valence-corrected chi connectivity index (χ3v) is 6.32. The average Bonchev–Trinajstić information content (AvgIpc) is 3.38. The van der Waals surface area contributed by atoms with Crippen LogP contribution in [0.5, 0.6) is 0 Å². The van der Waals surface area contributed by atoms with E-state index in [9.17, 15) is 19.2 Å². The normalized spacial score (nSPS) is 24.1. The van der Waals surface area contributed by atoms with Gasteiger partial charge in [0, 0.05) is 16.5 Å². The number of hydroxylamine groups is 2. The van der Waals surface area contributed by atoms with Gasteiger partial charge in [-0.25, -0.2) is 9.59 Å². The van der Waals surface area contributed by atoms with Crippen molar-refractivity contribution in [1.29, 1.82) is 0 Å². The van der Waals surface area contributed by atoms with Gasteiger partial charge in [-0.2, -0.15) is 5.06 Å². The standard InChI is InChI=1S/C24H35NO9/c1-9-11-32-20(28)17(21(29)33-12-10-2)34-25-22(3,4)13-24(14-23(25,5)6)15(18(26)30-7)16(24)19(27)31-8/h9-10,15-17H,1-2,11-14H2,3-8H3/t15-,16?/m1/s1. The minimum absolute atomic E-state index is 0.106. The highest BCUT2D eigenvalue weighted by molar-refractivity contribution is 5.98. The highest BCUT2D eigenvalue weighted by atomic mass is 16.7. The van der Waals surface area contributed by atoms with Gasteiger partial charge < -0.3 is 18.9 Å². The summed E-state index contributed by atoms with van der Waals surface area (Å²) in [6.07, 6.45) is 1.75. The summed E-state index contributed by atoms with van der Waals surface area (Å²) in [5, 5.41) is 1.56. The van der Waals surface area contributed by atoms with E-state index < -0.39 is 58.3 Å². The van der Waals surface area contributed by atoms with E-state index in [1.807, 2.05) is 27.7 Å². The number of carbonyl (C=O) groups excluding carboxylic acids is 4. The number of hydrogen-bond donors (Lipinski definition) is 0. The lowest BCUT2D eigenvalue weighted by atomic mass is 9.71. The molecular formula is C24H35NO9. The van der Waals surface area contributed by atoms with Crippen molar-refractivity contribution in [3.8, 4) is 0 Å². The van der Waals surface area contributed by atoms with Crippen LogP contribution in [0.3, 0.4) is 0 Å². The molecule has 34 heavy (non-hydrogen) atoms. The van der Waals surface area contributed by atoms with Crippen LogP contribution in [-0.4, -0.2) is 73.6 Å². The van der Waals surface area contributed by atoms with Gasteiger partial charge in [-0.15, -0.1) is 0 Å². The Bertz CT molecular complexity index is 781. The van der Waals surface area contributed by atoms with Gasteiger partial charge in [0.15, 0.2) is 0 Å². The number of piperidine rings is 1. The van der Waals surface area contributed by atoms with Crippen molar-refractivity contribution in [2.24, 2.45) is 17.3 Å². The first-order chi connectivity index (χ1) is 15.8. The molecule has 0 radical (unpaired) electrons. The Morgan fingerprint density at radius 1 is 0.853 bits per heavy atom. The number of nitrogens with zero attached hydrogens (tertiary/aromatic N) is 1. The fourth-order valence-electron chi connectivity index (χ4n) is 5.57. The Morgan fingerprint density at radius 2 is 1.24 bits per heavy atom. The van der Waals surface area contributed by atoms with Crippen LogP contribution in [0, 0.1) is 17.3 Å². The van der Waals surface area contributed by atoms with Crippen molar-refractivity contribution in [1.82, 2.24) is 5.06 Å². The largest absolute Gasteiger partial charge is 0.469 e. The molecule has 10 heteroatoms. The molecule has 1 aliphatic carbocycles. The maximum atomic E-state index is 12.6. The summed E-state index contributed by atoms with van der Waals surface area (Å²) >= 11 is 0. The molecule has 1 saturated carbocycles. The molecule has 2 rings (SSSR count). The predicted molar refractivity (Wildman–Crippen MR) is 120 cm³/mol. The summed E-state index contributed by atoms with van der Waals surface area (Å²) in [4.78, 5) is 56.3. The van der Waals surface area contributed by atoms with Crippen molar-refractivity contribution < 1.29 is 43.0 Å². The average molecular weight is 482 g/mol. The molecule has 1 heterocycles. The SMILES string of the molecule is C=CCOC(=O)C(ON1C(C)(C)CC2(CC1(C)C)C(C(=O)OC)[C@@H]2C(=O)OC)C(=O)OCC=C. The molecule has 2 atom stereocenters. The summed E-state index contributed by atoms with van der Waals surface area (Å²) < 4.78 is 20.0. The third kappa shape index (κ3) is 5.17. The second-order valence-electron chi connectivity index (χ2n) is 9.83. The molecular weight excluding hydrogens is 446 g/mol. The quantitative estimate of drug-likeness (QED) is 0.198. The van der Waals surface area contributed by atoms with Gasteiger partial charge in [0.2, 0.25) is 0 Å². The van der Waals surface area contributed by atoms with Crippen molar-refractivity contribution >= 4 is 23.9 Å². The monoisotopic (exact) mass is 481 g/mol. The predicted octanol–water partition coefficient (Wildman–Crippen LogP) is 1.98. The van der Waals surface area contributed by atoms with Crippen molar-refractivity contribution in [2.75, 3.05) is 27.4 Å². The maximum absolute atomic E-state index is 12.6. The van der Waals surface area contributed by atoms with Crippen LogP contribution in [0.2, 0.25) is 0 Å². The first-order valence-electron chi connectivity index (χ1n) is 11.0. The molecule has 0 bridgehead atoms. The van der Waals surface area contributed by atoms with Crippen LogP contribution in [0.1, 0.15) is 40.5 Å². The number of esters is 4. The first-order valence-corrected chi connectivity index (χ1v) is 11.0. The van der Waals surface area contributed by atoms with E-state index in [1.54, 1.807) is 5.06 Å². The lowest BCUT2D eigenvalue weighted by Crippen LogP contribution is -2.63. The van der Waals surface area contributed by atoms with Crippen molar-refractivity contribution in [3.05, 3.63) is 25.3 Å². The van der Waals surface area contributed by atoms with E-state index >= 15 is 0 Å². The second-order valence-corrected chi connectivity index (χ2v) is 9.83. The van der Waals surface area contributed by atoms with Crippen LogP contribution in [0.15, 0.2) is 25.3 Å². The zero-order chi connectivity index (χ0) is 25.9. The lowest BCUT2D eigenvalue weighted by molar-refractivity contribution is -0.309. The zero-order valence-corrected chi connectivity index (χ0v) is 20.8. The Morgan fingerprint density at radius 3 is 1.56 bits per heavy atom. The summed E-state index contributed by atoms with van der Waals surface area (Å²) in [5.74, 6) is -4.11. The first kappa shape index (κ1) is 27.5. The molecule has 1 aliphatic heterocycles. The van der Waals surface area contributed by atoms with Crippen LogP contribution in [0.4, 0.5) is 0 Å². The number of rotatable bonds is 10. The van der Waals surface area contributed by atoms with Crippen LogP contribution in [-0.2, 0) is 43.0 Å². The molecule has 1 spiro atoms. The van der Waals surface area contributed by atoms with Gasteiger partial charge in [-0.05, 0) is 40.5 Å². The summed E-state index contributed by atoms with van der Waals surface area (Å²) in [6.45, 7) is 14.2. The van der Waals surface area contributed by atoms with E-state index in [0.717, 1.165) is 0 Å². The van der Waals surface area contributed by atoms with Crippen LogP contribution in [0.25, 0.3) is 0 Å². The minimum Gasteiger partial charge on any atom is -0.469 e. The number of methoxy groups -OCH3 is 2. The van der Waals surface area contributed by atoms with Gasteiger partial charge in [0.1, 0.15) is 13.2 Å². The zero-order valence-electron chi connectivity index (χ0n) is 20.8.